The predicted molar refractivity (Wildman–Crippen MR) is 130 cm³/mol. The molecule has 0 amide bonds. The van der Waals surface area contributed by atoms with Crippen molar-refractivity contribution in [1.82, 2.24) is 0 Å². The third-order valence-corrected chi connectivity index (χ3v) is 5.93. The van der Waals surface area contributed by atoms with Crippen molar-refractivity contribution in [2.75, 3.05) is 25.6 Å². The zero-order valence-electron chi connectivity index (χ0n) is 22.7. The van der Waals surface area contributed by atoms with Crippen LogP contribution in [0, 0.1) is 5.41 Å². The summed E-state index contributed by atoms with van der Waals surface area (Å²) in [5.41, 5.74) is -1.01. The zero-order valence-corrected chi connectivity index (χ0v) is 24.5. The van der Waals surface area contributed by atoms with Gasteiger partial charge in [-0.3, -0.25) is 9.35 Å². The van der Waals surface area contributed by atoms with Crippen LogP contribution in [0.25, 0.3) is 0 Å². The molecule has 0 bridgehead atoms. The second kappa shape index (κ2) is 19.0. The van der Waals surface area contributed by atoms with Gasteiger partial charge in [0.05, 0.1) is 12.4 Å². The maximum absolute atomic E-state index is 13.2. The molecule has 0 unspecified atom stereocenters. The molecule has 0 aliphatic heterocycles. The zero-order chi connectivity index (χ0) is 26.2. The molecule has 0 fully saturated rings. The van der Waals surface area contributed by atoms with Gasteiger partial charge >= 0.3 is 47.5 Å². The molecule has 0 rings (SSSR count). The van der Waals surface area contributed by atoms with E-state index in [-0.39, 0.29) is 67.7 Å². The van der Waals surface area contributed by atoms with Crippen molar-refractivity contribution in [1.29, 1.82) is 0 Å². The van der Waals surface area contributed by atoms with Crippen molar-refractivity contribution in [3.63, 3.8) is 0 Å². The standard InChI is InChI=1S/C24H40O9S.Na.H/c1-6-7-8-11-14-24(17-32-21(25)19(2)3,18-33-22(26)20(4)5)23(27)31-15-12-9-10-13-16-34(28,29)30;;/h2,4,6-18H2,1,3,5H3,(H,28,29,30);;/q;+1;-1. The van der Waals surface area contributed by atoms with Gasteiger partial charge in [-0.15, -0.1) is 0 Å². The van der Waals surface area contributed by atoms with E-state index in [1.54, 1.807) is 0 Å². The molecule has 9 nitrogen and oxygen atoms in total. The van der Waals surface area contributed by atoms with Crippen LogP contribution in [-0.4, -0.2) is 56.5 Å². The second-order valence-electron chi connectivity index (χ2n) is 8.64. The summed E-state index contributed by atoms with van der Waals surface area (Å²) in [6, 6.07) is 0. The summed E-state index contributed by atoms with van der Waals surface area (Å²) in [5.74, 6) is -2.26. The molecule has 0 saturated carbocycles. The number of carbonyl (C=O) groups is 3. The number of esters is 3. The molecule has 0 spiro atoms. The molecule has 0 aromatic carbocycles. The smallest absolute Gasteiger partial charge is 1.00 e. The van der Waals surface area contributed by atoms with E-state index < -0.39 is 33.4 Å². The van der Waals surface area contributed by atoms with Crippen LogP contribution in [0.1, 0.15) is 80.0 Å². The van der Waals surface area contributed by atoms with Gasteiger partial charge in [0.25, 0.3) is 10.1 Å². The van der Waals surface area contributed by atoms with Crippen LogP contribution in [0.5, 0.6) is 0 Å². The minimum absolute atomic E-state index is 0. The minimum atomic E-state index is -3.98. The molecule has 11 heteroatoms. The van der Waals surface area contributed by atoms with Crippen LogP contribution in [0.2, 0.25) is 0 Å². The Labute approximate surface area is 233 Å². The first-order chi connectivity index (χ1) is 15.8. The molecule has 0 aromatic heterocycles. The number of ether oxygens (including phenoxy) is 3. The Balaban J connectivity index is -0.00000544. The van der Waals surface area contributed by atoms with Gasteiger partial charge in [-0.2, -0.15) is 8.42 Å². The minimum Gasteiger partial charge on any atom is -1.00 e. The Hall–Kier alpha value is -1.20. The van der Waals surface area contributed by atoms with Gasteiger partial charge in [0, 0.05) is 11.1 Å². The van der Waals surface area contributed by atoms with Crippen molar-refractivity contribution in [3.8, 4) is 0 Å². The molecular formula is C24H41NaO9S. The largest absolute Gasteiger partial charge is 1.00 e. The monoisotopic (exact) mass is 528 g/mol. The Morgan fingerprint density at radius 3 is 1.77 bits per heavy atom. The van der Waals surface area contributed by atoms with Crippen molar-refractivity contribution < 1.29 is 72.5 Å². The molecule has 0 saturated heterocycles. The Kier molecular flexibility index (Phi) is 19.5. The molecule has 0 heterocycles. The Bertz CT molecular complexity index is 782. The first kappa shape index (κ1) is 36.0. The maximum atomic E-state index is 13.2. The van der Waals surface area contributed by atoms with E-state index in [9.17, 15) is 22.8 Å². The number of hydrogen-bond acceptors (Lipinski definition) is 8. The molecule has 0 atom stereocenters. The fraction of sp³-hybridized carbons (Fsp3) is 0.708. The van der Waals surface area contributed by atoms with Gasteiger partial charge in [-0.1, -0.05) is 58.6 Å². The number of carbonyl (C=O) groups excluding carboxylic acids is 3. The molecule has 35 heavy (non-hydrogen) atoms. The first-order valence-corrected chi connectivity index (χ1v) is 13.2. The second-order valence-corrected chi connectivity index (χ2v) is 10.2. The van der Waals surface area contributed by atoms with Crippen molar-refractivity contribution in [3.05, 3.63) is 24.3 Å². The SMILES string of the molecule is C=C(C)C(=O)OCC(CCCCCC)(COC(=O)C(=C)C)C(=O)OCCCCCCS(=O)(=O)O.[H-].[Na+]. The predicted octanol–water partition coefficient (Wildman–Crippen LogP) is 1.29. The topological polar surface area (TPSA) is 133 Å². The van der Waals surface area contributed by atoms with Gasteiger partial charge in [0.15, 0.2) is 0 Å². The Morgan fingerprint density at radius 2 is 1.31 bits per heavy atom. The van der Waals surface area contributed by atoms with Crippen LogP contribution >= 0.6 is 0 Å². The van der Waals surface area contributed by atoms with Gasteiger partial charge in [-0.25, -0.2) is 9.59 Å². The van der Waals surface area contributed by atoms with E-state index in [1.165, 1.54) is 13.8 Å². The van der Waals surface area contributed by atoms with Gasteiger partial charge in [0.1, 0.15) is 18.6 Å². The quantitative estimate of drug-likeness (QED) is 0.0657. The number of unbranched alkanes of at least 4 members (excludes halogenated alkanes) is 6. The van der Waals surface area contributed by atoms with Crippen LogP contribution in [0.3, 0.4) is 0 Å². The molecule has 0 aromatic rings. The Morgan fingerprint density at radius 1 is 0.829 bits per heavy atom. The van der Waals surface area contributed by atoms with E-state index in [4.69, 9.17) is 18.8 Å². The fourth-order valence-electron chi connectivity index (χ4n) is 3.01. The third kappa shape index (κ3) is 17.0. The van der Waals surface area contributed by atoms with Crippen LogP contribution in [-0.2, 0) is 38.7 Å². The van der Waals surface area contributed by atoms with E-state index in [0.717, 1.165) is 19.3 Å². The van der Waals surface area contributed by atoms with E-state index >= 15 is 0 Å². The third-order valence-electron chi connectivity index (χ3n) is 5.13. The normalized spacial score (nSPS) is 11.2. The maximum Gasteiger partial charge on any atom is 1.00 e. The van der Waals surface area contributed by atoms with Gasteiger partial charge < -0.3 is 15.6 Å². The number of rotatable bonds is 19. The molecule has 198 valence electrons. The summed E-state index contributed by atoms with van der Waals surface area (Å²) >= 11 is 0. The number of hydrogen-bond donors (Lipinski definition) is 1. The molecule has 1 N–H and O–H groups in total. The summed E-state index contributed by atoms with van der Waals surface area (Å²) < 4.78 is 46.3. The molecule has 0 radical (unpaired) electrons. The summed E-state index contributed by atoms with van der Waals surface area (Å²) in [6.07, 6.45) is 5.69. The summed E-state index contributed by atoms with van der Waals surface area (Å²) in [5, 5.41) is 0. The van der Waals surface area contributed by atoms with Crippen LogP contribution in [0.4, 0.5) is 0 Å². The van der Waals surface area contributed by atoms with E-state index in [2.05, 4.69) is 20.1 Å². The van der Waals surface area contributed by atoms with Crippen molar-refractivity contribution in [2.45, 2.75) is 78.6 Å². The van der Waals surface area contributed by atoms with E-state index in [1.807, 2.05) is 0 Å². The van der Waals surface area contributed by atoms with Crippen molar-refractivity contribution >= 4 is 28.0 Å². The fourth-order valence-corrected chi connectivity index (χ4v) is 3.58. The molecule has 0 aliphatic rings. The first-order valence-electron chi connectivity index (χ1n) is 11.6. The average Bonchev–Trinajstić information content (AvgIpc) is 2.75. The van der Waals surface area contributed by atoms with Crippen LogP contribution in [0.15, 0.2) is 24.3 Å². The molecular weight excluding hydrogens is 487 g/mol. The summed E-state index contributed by atoms with van der Waals surface area (Å²) in [4.78, 5) is 37.2. The summed E-state index contributed by atoms with van der Waals surface area (Å²) in [7, 11) is -3.98. The van der Waals surface area contributed by atoms with Gasteiger partial charge in [0.2, 0.25) is 0 Å². The summed E-state index contributed by atoms with van der Waals surface area (Å²) in [6.45, 7) is 11.6. The van der Waals surface area contributed by atoms with Gasteiger partial charge in [-0.05, 0) is 33.1 Å². The average molecular weight is 529 g/mol. The molecule has 0 aliphatic carbocycles. The van der Waals surface area contributed by atoms with E-state index in [0.29, 0.717) is 38.5 Å². The van der Waals surface area contributed by atoms with Crippen molar-refractivity contribution in [2.24, 2.45) is 5.41 Å². The van der Waals surface area contributed by atoms with Crippen LogP contribution < -0.4 is 29.6 Å².